The van der Waals surface area contributed by atoms with Crippen molar-refractivity contribution in [1.82, 2.24) is 9.38 Å². The lowest BCUT2D eigenvalue weighted by molar-refractivity contribution is -0.142. The second-order valence-electron chi connectivity index (χ2n) is 6.85. The molecule has 0 atom stereocenters. The predicted molar refractivity (Wildman–Crippen MR) is 116 cm³/mol. The standard InChI is InChI=1S/C22H20N2O5S/c1-12-7-15-16(8-13(12)2)24-21(26)19(30-22(24)23-15)10-14-5-6-17(18(9-14)27-3)29-11-20(25)28-4/h5-10H,11H2,1-4H3/b19-10-. The Labute approximate surface area is 176 Å². The molecule has 2 aromatic heterocycles. The van der Waals surface area contributed by atoms with E-state index in [2.05, 4.69) is 9.72 Å². The molecule has 0 bridgehead atoms. The largest absolute Gasteiger partial charge is 0.493 e. The Hall–Kier alpha value is -3.39. The summed E-state index contributed by atoms with van der Waals surface area (Å²) in [5.74, 6) is 0.390. The predicted octanol–water partition coefficient (Wildman–Crippen LogP) is 2.63. The van der Waals surface area contributed by atoms with Crippen molar-refractivity contribution in [2.24, 2.45) is 0 Å². The highest BCUT2D eigenvalue weighted by Gasteiger charge is 2.13. The third-order valence-electron chi connectivity index (χ3n) is 4.91. The van der Waals surface area contributed by atoms with Crippen LogP contribution in [0.5, 0.6) is 11.5 Å². The number of carbonyl (C=O) groups is 1. The molecule has 30 heavy (non-hydrogen) atoms. The zero-order valence-electron chi connectivity index (χ0n) is 17.0. The minimum absolute atomic E-state index is 0.106. The summed E-state index contributed by atoms with van der Waals surface area (Å²) in [6, 6.07) is 9.24. The first-order valence-electron chi connectivity index (χ1n) is 9.23. The fraction of sp³-hybridized carbons (Fsp3) is 0.227. The molecule has 0 unspecified atom stereocenters. The Morgan fingerprint density at radius 1 is 1.13 bits per heavy atom. The van der Waals surface area contributed by atoms with Crippen LogP contribution in [0.1, 0.15) is 16.7 Å². The maximum atomic E-state index is 13.0. The molecule has 2 aromatic carbocycles. The zero-order valence-corrected chi connectivity index (χ0v) is 17.8. The molecule has 7 nitrogen and oxygen atoms in total. The van der Waals surface area contributed by atoms with Crippen molar-refractivity contribution in [2.45, 2.75) is 13.8 Å². The van der Waals surface area contributed by atoms with Crippen LogP contribution in [-0.2, 0) is 9.53 Å². The van der Waals surface area contributed by atoms with E-state index < -0.39 is 5.97 Å². The van der Waals surface area contributed by atoms with Crippen molar-refractivity contribution < 1.29 is 19.0 Å². The van der Waals surface area contributed by atoms with E-state index in [4.69, 9.17) is 9.47 Å². The molecule has 4 rings (SSSR count). The van der Waals surface area contributed by atoms with E-state index in [1.807, 2.05) is 26.0 Å². The van der Waals surface area contributed by atoms with Crippen LogP contribution >= 0.6 is 11.3 Å². The molecule has 0 spiro atoms. The van der Waals surface area contributed by atoms with E-state index in [1.54, 1.807) is 28.7 Å². The number of thiazole rings is 1. The molecular weight excluding hydrogens is 404 g/mol. The molecule has 0 radical (unpaired) electrons. The number of methoxy groups -OCH3 is 2. The van der Waals surface area contributed by atoms with Crippen molar-refractivity contribution in [1.29, 1.82) is 0 Å². The van der Waals surface area contributed by atoms with E-state index in [-0.39, 0.29) is 12.2 Å². The molecule has 0 fully saturated rings. The summed E-state index contributed by atoms with van der Waals surface area (Å²) in [6.45, 7) is 3.84. The first kappa shape index (κ1) is 19.9. The lowest BCUT2D eigenvalue weighted by Gasteiger charge is -2.10. The summed E-state index contributed by atoms with van der Waals surface area (Å²) in [7, 11) is 2.81. The third-order valence-corrected chi connectivity index (χ3v) is 5.88. The molecule has 0 saturated heterocycles. The summed E-state index contributed by atoms with van der Waals surface area (Å²) in [5.41, 5.74) is 4.57. The molecule has 0 aliphatic carbocycles. The highest BCUT2D eigenvalue weighted by atomic mass is 32.1. The monoisotopic (exact) mass is 424 g/mol. The number of carbonyl (C=O) groups excluding carboxylic acids is 1. The highest BCUT2D eigenvalue weighted by Crippen LogP contribution is 2.28. The highest BCUT2D eigenvalue weighted by molar-refractivity contribution is 7.15. The van der Waals surface area contributed by atoms with Gasteiger partial charge < -0.3 is 14.2 Å². The SMILES string of the molecule is COC(=O)COc1ccc(/C=c2\sc3nc4cc(C)c(C)cc4n3c2=O)cc1OC. The number of aryl methyl sites for hydroxylation is 2. The summed E-state index contributed by atoms with van der Waals surface area (Å²) in [6.07, 6.45) is 1.79. The second-order valence-corrected chi connectivity index (χ2v) is 7.85. The van der Waals surface area contributed by atoms with Gasteiger partial charge in [0.05, 0.1) is 29.8 Å². The molecule has 0 aliphatic rings. The van der Waals surface area contributed by atoms with Gasteiger partial charge in [0.2, 0.25) is 0 Å². The number of ether oxygens (including phenoxy) is 3. The Bertz CT molecular complexity index is 1390. The van der Waals surface area contributed by atoms with Crippen molar-refractivity contribution in [3.63, 3.8) is 0 Å². The number of fused-ring (bicyclic) bond motifs is 3. The van der Waals surface area contributed by atoms with Gasteiger partial charge >= 0.3 is 5.97 Å². The quantitative estimate of drug-likeness (QED) is 0.458. The van der Waals surface area contributed by atoms with Crippen LogP contribution in [0.4, 0.5) is 0 Å². The Balaban J connectivity index is 1.76. The number of hydrogen-bond acceptors (Lipinski definition) is 7. The van der Waals surface area contributed by atoms with Crippen LogP contribution in [0.2, 0.25) is 0 Å². The number of benzene rings is 2. The molecule has 0 amide bonds. The number of nitrogens with zero attached hydrogens (tertiary/aromatic N) is 2. The summed E-state index contributed by atoms with van der Waals surface area (Å²) >= 11 is 1.34. The van der Waals surface area contributed by atoms with Gasteiger partial charge in [0.15, 0.2) is 23.1 Å². The summed E-state index contributed by atoms with van der Waals surface area (Å²) in [4.78, 5) is 29.6. The first-order chi connectivity index (χ1) is 14.4. The summed E-state index contributed by atoms with van der Waals surface area (Å²) in [5, 5.41) is 0. The van der Waals surface area contributed by atoms with E-state index in [0.717, 1.165) is 27.7 Å². The van der Waals surface area contributed by atoms with Gasteiger partial charge in [-0.15, -0.1) is 0 Å². The van der Waals surface area contributed by atoms with Crippen molar-refractivity contribution in [3.05, 3.63) is 61.9 Å². The maximum absolute atomic E-state index is 13.0. The first-order valence-corrected chi connectivity index (χ1v) is 10.0. The van der Waals surface area contributed by atoms with E-state index in [0.29, 0.717) is 21.0 Å². The van der Waals surface area contributed by atoms with Gasteiger partial charge in [0, 0.05) is 0 Å². The van der Waals surface area contributed by atoms with Crippen LogP contribution in [0.25, 0.3) is 22.1 Å². The lowest BCUT2D eigenvalue weighted by Crippen LogP contribution is -2.22. The normalized spacial score (nSPS) is 11.9. The van der Waals surface area contributed by atoms with Crippen molar-refractivity contribution in [3.8, 4) is 11.5 Å². The third kappa shape index (κ3) is 3.50. The molecule has 154 valence electrons. The molecule has 0 aliphatic heterocycles. The molecule has 4 aromatic rings. The maximum Gasteiger partial charge on any atom is 0.343 e. The van der Waals surface area contributed by atoms with Crippen molar-refractivity contribution in [2.75, 3.05) is 20.8 Å². The van der Waals surface area contributed by atoms with Crippen LogP contribution in [0, 0.1) is 13.8 Å². The number of rotatable bonds is 5. The minimum Gasteiger partial charge on any atom is -0.493 e. The lowest BCUT2D eigenvalue weighted by atomic mass is 10.1. The number of esters is 1. The smallest absolute Gasteiger partial charge is 0.343 e. The molecular formula is C22H20N2O5S. The van der Waals surface area contributed by atoms with Gasteiger partial charge in [-0.1, -0.05) is 17.4 Å². The van der Waals surface area contributed by atoms with E-state index in [1.165, 1.54) is 25.6 Å². The number of imidazole rings is 1. The number of aromatic nitrogens is 2. The molecule has 2 heterocycles. The Morgan fingerprint density at radius 2 is 1.90 bits per heavy atom. The summed E-state index contributed by atoms with van der Waals surface area (Å²) < 4.78 is 17.6. The second kappa shape index (κ2) is 7.79. The van der Waals surface area contributed by atoms with E-state index >= 15 is 0 Å². The Morgan fingerprint density at radius 3 is 2.63 bits per heavy atom. The van der Waals surface area contributed by atoms with Gasteiger partial charge in [0.1, 0.15) is 0 Å². The zero-order chi connectivity index (χ0) is 21.4. The van der Waals surface area contributed by atoms with E-state index in [9.17, 15) is 9.59 Å². The van der Waals surface area contributed by atoms with Crippen LogP contribution in [0.3, 0.4) is 0 Å². The minimum atomic E-state index is -0.483. The Kier molecular flexibility index (Phi) is 5.17. The van der Waals surface area contributed by atoms with Crippen molar-refractivity contribution >= 4 is 39.4 Å². The average Bonchev–Trinajstić information content (AvgIpc) is 3.22. The number of hydrogen-bond donors (Lipinski definition) is 0. The van der Waals surface area contributed by atoms with Gasteiger partial charge in [-0.2, -0.15) is 0 Å². The van der Waals surface area contributed by atoms with Crippen LogP contribution in [0.15, 0.2) is 35.1 Å². The molecule has 8 heteroatoms. The fourth-order valence-corrected chi connectivity index (χ4v) is 4.15. The average molecular weight is 424 g/mol. The van der Waals surface area contributed by atoms with Gasteiger partial charge in [0.25, 0.3) is 5.56 Å². The van der Waals surface area contributed by atoms with Gasteiger partial charge in [-0.05, 0) is 60.9 Å². The van der Waals surface area contributed by atoms with Gasteiger partial charge in [-0.25, -0.2) is 14.2 Å². The molecule has 0 N–H and O–H groups in total. The topological polar surface area (TPSA) is 79.1 Å². The van der Waals surface area contributed by atoms with Gasteiger partial charge in [-0.3, -0.25) is 4.79 Å². The van der Waals surface area contributed by atoms with Crippen LogP contribution < -0.4 is 19.6 Å². The van der Waals surface area contributed by atoms with Crippen LogP contribution in [-0.4, -0.2) is 36.2 Å². The fourth-order valence-electron chi connectivity index (χ4n) is 3.16. The molecule has 0 saturated carbocycles.